The van der Waals surface area contributed by atoms with Gasteiger partial charge in [0.25, 0.3) is 0 Å². The van der Waals surface area contributed by atoms with Gasteiger partial charge in [-0.1, -0.05) is 135 Å². The van der Waals surface area contributed by atoms with Crippen LogP contribution in [0.15, 0.2) is 206 Å². The first-order valence-corrected chi connectivity index (χ1v) is 28.4. The van der Waals surface area contributed by atoms with E-state index in [0.717, 1.165) is 80.3 Å². The van der Waals surface area contributed by atoms with E-state index >= 15 is 0 Å². The third-order valence-electron chi connectivity index (χ3n) is 16.3. The van der Waals surface area contributed by atoms with Gasteiger partial charge >= 0.3 is 25.1 Å². The van der Waals surface area contributed by atoms with E-state index < -0.39 is 58.5 Å². The number of alkyl halides is 12. The first-order valence-electron chi connectivity index (χ1n) is 26.7. The second-order valence-corrected chi connectivity index (χ2v) is 23.6. The zero-order valence-corrected chi connectivity index (χ0v) is 46.3. The lowest BCUT2D eigenvalue weighted by Crippen LogP contribution is -2.40. The third-order valence-corrected chi connectivity index (χ3v) is 18.9. The minimum absolute atomic E-state index is 0.0429. The maximum absolute atomic E-state index is 14.8. The van der Waals surface area contributed by atoms with Gasteiger partial charge in [0.05, 0.1) is 37.3 Å². The van der Waals surface area contributed by atoms with Crippen molar-refractivity contribution in [2.24, 2.45) is 0 Å². The maximum atomic E-state index is 14.8. The summed E-state index contributed by atoms with van der Waals surface area (Å²) in [6.07, 6.45) is -19.6. The maximum Gasteiger partial charge on any atom is 0.573 e. The number of fused-ring (bicyclic) bond motifs is 15. The van der Waals surface area contributed by atoms with Gasteiger partial charge in [0, 0.05) is 71.2 Å². The molecule has 0 unspecified atom stereocenters. The number of benzene rings is 10. The lowest BCUT2D eigenvalue weighted by Gasteiger charge is -2.46. The Morgan fingerprint density at radius 1 is 0.337 bits per heavy atom. The average molecular weight is 1210 g/mol. The minimum atomic E-state index is -5.09. The molecule has 1 spiro atoms. The normalized spacial score (nSPS) is 14.3. The van der Waals surface area contributed by atoms with E-state index in [2.05, 4.69) is 47.6 Å². The predicted molar refractivity (Wildman–Crippen MR) is 314 cm³/mol. The molecule has 2 aliphatic rings. The molecule has 14 rings (SSSR count). The lowest BCUT2D eigenvalue weighted by atomic mass is 9.55. The van der Waals surface area contributed by atoms with Gasteiger partial charge in [0.2, 0.25) is 0 Å². The summed E-state index contributed by atoms with van der Waals surface area (Å²) in [4.78, 5) is 3.34. The van der Waals surface area contributed by atoms with Crippen LogP contribution in [-0.4, -0.2) is 12.7 Å². The van der Waals surface area contributed by atoms with E-state index in [-0.39, 0.29) is 20.8 Å². The number of rotatable bonds is 8. The Labute approximate surface area is 489 Å². The molecule has 0 N–H and O–H groups in total. The first kappa shape index (κ1) is 54.9. The number of ether oxygens (including phenoxy) is 2. The van der Waals surface area contributed by atoms with Crippen molar-refractivity contribution in [1.82, 2.24) is 0 Å². The molecule has 0 saturated carbocycles. The molecule has 430 valence electrons. The summed E-state index contributed by atoms with van der Waals surface area (Å²) in [6, 6.07) is 55.8. The van der Waals surface area contributed by atoms with Crippen molar-refractivity contribution in [3.63, 3.8) is 0 Å². The summed E-state index contributed by atoms with van der Waals surface area (Å²) in [6.45, 7) is 4.28. The van der Waals surface area contributed by atoms with Gasteiger partial charge in [-0.05, 0) is 117 Å². The molecule has 0 atom stereocenters. The van der Waals surface area contributed by atoms with Crippen molar-refractivity contribution in [3.8, 4) is 22.6 Å². The molecular weight excluding hydrogens is 1170 g/mol. The monoisotopic (exact) mass is 1210 g/mol. The number of anilines is 6. The molecule has 0 aliphatic heterocycles. The predicted octanol–water partition coefficient (Wildman–Crippen LogP) is 22.2. The van der Waals surface area contributed by atoms with E-state index in [1.807, 2.05) is 60.7 Å². The van der Waals surface area contributed by atoms with E-state index in [4.69, 9.17) is 0 Å². The fraction of sp³-hybridized carbons (Fsp3) is 0.118. The molecule has 2 aromatic heterocycles. The molecular formula is C68H40F12N2O2S2. The van der Waals surface area contributed by atoms with Crippen molar-refractivity contribution in [3.05, 3.63) is 251 Å². The average Bonchev–Trinajstić information content (AvgIpc) is 1.41. The Hall–Kier alpha value is -9.00. The molecule has 4 nitrogen and oxygen atoms in total. The van der Waals surface area contributed by atoms with Crippen LogP contribution in [0, 0.1) is 0 Å². The first-order chi connectivity index (χ1) is 40.9. The summed E-state index contributed by atoms with van der Waals surface area (Å²) in [5.74, 6) is -1.13. The molecule has 10 aromatic carbocycles. The number of thiophene rings is 2. The molecule has 0 radical (unpaired) electrons. The number of hydrogen-bond donors (Lipinski definition) is 0. The summed E-state index contributed by atoms with van der Waals surface area (Å²) in [7, 11) is 0. The second kappa shape index (κ2) is 19.3. The largest absolute Gasteiger partial charge is 0.573 e. The molecule has 0 fully saturated rings. The fourth-order valence-electron chi connectivity index (χ4n) is 13.1. The minimum Gasteiger partial charge on any atom is -0.406 e. The van der Waals surface area contributed by atoms with Crippen LogP contribution in [0.5, 0.6) is 11.5 Å². The molecule has 0 bridgehead atoms. The van der Waals surface area contributed by atoms with Crippen molar-refractivity contribution in [2.45, 2.75) is 49.8 Å². The fourth-order valence-corrected chi connectivity index (χ4v) is 15.7. The summed E-state index contributed by atoms with van der Waals surface area (Å²) < 4.78 is 183. The molecule has 12 aromatic rings. The van der Waals surface area contributed by atoms with Crippen LogP contribution >= 0.6 is 22.7 Å². The molecule has 0 saturated heterocycles. The van der Waals surface area contributed by atoms with Gasteiger partial charge in [-0.25, -0.2) is 0 Å². The quantitative estimate of drug-likeness (QED) is 0.142. The lowest BCUT2D eigenvalue weighted by molar-refractivity contribution is -0.275. The SMILES string of the molecule is CC1(C)c2ccccc2C2(c3ccc(N(c4cccc(OC(F)(F)F)c4)c4cccc5c4sc4c(C(F)(F)F)cccc45)cc3-c3cc(N(c4cccc(OC(F)(F)F)c4)c4cccc5c4sc4c(C(F)(F)F)cccc45)ccc32)c2ccccc21. The van der Waals surface area contributed by atoms with Crippen LogP contribution in [0.2, 0.25) is 0 Å². The Morgan fingerprint density at radius 3 is 1.07 bits per heavy atom. The van der Waals surface area contributed by atoms with Gasteiger partial charge in [-0.15, -0.1) is 49.0 Å². The van der Waals surface area contributed by atoms with Crippen LogP contribution in [-0.2, 0) is 23.2 Å². The highest BCUT2D eigenvalue weighted by molar-refractivity contribution is 7.27. The van der Waals surface area contributed by atoms with Gasteiger partial charge in [-0.2, -0.15) is 26.3 Å². The van der Waals surface area contributed by atoms with Gasteiger partial charge in [0.1, 0.15) is 11.5 Å². The van der Waals surface area contributed by atoms with E-state index in [1.165, 1.54) is 36.4 Å². The van der Waals surface area contributed by atoms with Crippen LogP contribution in [0.4, 0.5) is 86.8 Å². The Bertz CT molecular complexity index is 4450. The van der Waals surface area contributed by atoms with E-state index in [9.17, 15) is 52.7 Å². The van der Waals surface area contributed by atoms with Crippen molar-refractivity contribution >= 4 is 97.1 Å². The zero-order valence-electron chi connectivity index (χ0n) is 44.7. The summed E-state index contributed by atoms with van der Waals surface area (Å²) >= 11 is 1.79. The van der Waals surface area contributed by atoms with Crippen LogP contribution < -0.4 is 19.3 Å². The summed E-state index contributed by atoms with van der Waals surface area (Å²) in [5.41, 5.74) is 4.93. The van der Waals surface area contributed by atoms with Gasteiger partial charge in [-0.3, -0.25) is 0 Å². The van der Waals surface area contributed by atoms with E-state index in [0.29, 0.717) is 64.8 Å². The number of nitrogens with zero attached hydrogens (tertiary/aromatic N) is 2. The molecule has 2 heterocycles. The number of hydrogen-bond acceptors (Lipinski definition) is 6. The zero-order chi connectivity index (χ0) is 60.0. The highest BCUT2D eigenvalue weighted by atomic mass is 32.1. The van der Waals surface area contributed by atoms with Crippen molar-refractivity contribution in [2.75, 3.05) is 9.80 Å². The Balaban J connectivity index is 1.07. The van der Waals surface area contributed by atoms with Crippen LogP contribution in [0.1, 0.15) is 58.4 Å². The van der Waals surface area contributed by atoms with E-state index in [1.54, 1.807) is 70.5 Å². The van der Waals surface area contributed by atoms with Gasteiger partial charge in [0.15, 0.2) is 0 Å². The van der Waals surface area contributed by atoms with Gasteiger partial charge < -0.3 is 19.3 Å². The van der Waals surface area contributed by atoms with Crippen LogP contribution in [0.25, 0.3) is 51.5 Å². The Morgan fingerprint density at radius 2 is 0.686 bits per heavy atom. The summed E-state index contributed by atoms with van der Waals surface area (Å²) in [5, 5.41) is 1.56. The third kappa shape index (κ3) is 8.72. The highest BCUT2D eigenvalue weighted by Crippen LogP contribution is 2.64. The number of halogens is 12. The smallest absolute Gasteiger partial charge is 0.406 e. The molecule has 86 heavy (non-hydrogen) atoms. The standard InChI is InChI=1S/C68H40F12N2O2S2/c1-63(2)51-21-3-5-23-53(51)64(54-24-6-4-22-52(54)63)49-31-29-39(81(37-13-7-15-41(33-37)83-67(75,76)77)57-27-11-19-45-43-17-9-25-55(65(69,70)71)59(43)85-61(45)57)35-47(49)48-36-40(30-32-50(48)64)82(38-14-8-16-42(34-38)84-68(78,79)80)58-28-12-20-46-44-18-10-26-56(66(72,73)74)60(44)86-62(46)58/h3-36H,1-2H3. The Kier molecular flexibility index (Phi) is 12.3. The highest BCUT2D eigenvalue weighted by Gasteiger charge is 2.54. The topological polar surface area (TPSA) is 24.9 Å². The molecule has 2 aliphatic carbocycles. The van der Waals surface area contributed by atoms with Crippen molar-refractivity contribution in [1.29, 1.82) is 0 Å². The van der Waals surface area contributed by atoms with Crippen LogP contribution in [0.3, 0.4) is 0 Å². The molecule has 18 heteroatoms. The van der Waals surface area contributed by atoms with Crippen molar-refractivity contribution < 1.29 is 62.2 Å². The second-order valence-electron chi connectivity index (χ2n) is 21.6. The molecule has 0 amide bonds.